The maximum absolute atomic E-state index is 5.63. The highest BCUT2D eigenvalue weighted by Crippen LogP contribution is 2.22. The van der Waals surface area contributed by atoms with Gasteiger partial charge in [-0.2, -0.15) is 0 Å². The van der Waals surface area contributed by atoms with E-state index in [9.17, 15) is 0 Å². The van der Waals surface area contributed by atoms with Gasteiger partial charge in [0.2, 0.25) is 0 Å². The molecule has 1 nitrogen and oxygen atoms in total. The third kappa shape index (κ3) is 7.41. The Hall–Kier alpha value is -1.70. The van der Waals surface area contributed by atoms with Gasteiger partial charge in [0.15, 0.2) is 7.28 Å². The Kier molecular flexibility index (Phi) is 7.95. The second-order valence-electron chi connectivity index (χ2n) is 6.97. The molecule has 23 heavy (non-hydrogen) atoms. The van der Waals surface area contributed by atoms with Crippen molar-refractivity contribution in [3.8, 4) is 0 Å². The van der Waals surface area contributed by atoms with Gasteiger partial charge in [-0.3, -0.25) is 0 Å². The lowest BCUT2D eigenvalue weighted by Crippen LogP contribution is -2.09. The van der Waals surface area contributed by atoms with Crippen molar-refractivity contribution in [1.82, 2.24) is 0 Å². The van der Waals surface area contributed by atoms with Crippen molar-refractivity contribution in [1.29, 1.82) is 0 Å². The quantitative estimate of drug-likeness (QED) is 0.335. The van der Waals surface area contributed by atoms with Crippen LogP contribution in [0.2, 0.25) is 0 Å². The molecule has 123 valence electrons. The Labute approximate surface area is 143 Å². The molecule has 0 fully saturated rings. The number of benzene rings is 1. The highest BCUT2D eigenvalue weighted by molar-refractivity contribution is 6.65. The Bertz CT molecular complexity index is 544. The van der Waals surface area contributed by atoms with Gasteiger partial charge in [0.25, 0.3) is 0 Å². The van der Waals surface area contributed by atoms with Crippen molar-refractivity contribution >= 4 is 12.8 Å². The number of rotatable bonds is 8. The Balaban J connectivity index is 2.78. The van der Waals surface area contributed by atoms with Gasteiger partial charge in [0, 0.05) is 0 Å². The van der Waals surface area contributed by atoms with Gasteiger partial charge in [0.1, 0.15) is 5.76 Å². The van der Waals surface area contributed by atoms with E-state index in [2.05, 4.69) is 78.8 Å². The summed E-state index contributed by atoms with van der Waals surface area (Å²) in [4.78, 5) is 0. The predicted octanol–water partition coefficient (Wildman–Crippen LogP) is 5.79. The zero-order valence-electron chi connectivity index (χ0n) is 15.4. The van der Waals surface area contributed by atoms with Crippen LogP contribution in [0, 0.1) is 5.41 Å². The minimum atomic E-state index is 0.315. The summed E-state index contributed by atoms with van der Waals surface area (Å²) in [7, 11) is 2.09. The molecule has 0 amide bonds. The molecular weight excluding hydrogens is 279 g/mol. The third-order valence-electron chi connectivity index (χ3n) is 3.43. The SMILES string of the molecule is C=C/C(=C\[B]/C(=C\C)c1ccc(CC(C)(C)C)cc1)OCCC. The fourth-order valence-electron chi connectivity index (χ4n) is 2.35. The molecule has 0 aliphatic heterocycles. The number of allylic oxidation sites excluding steroid dienone is 2. The van der Waals surface area contributed by atoms with Gasteiger partial charge in [0.05, 0.1) is 6.61 Å². The molecule has 0 N–H and O–H groups in total. The fourth-order valence-corrected chi connectivity index (χ4v) is 2.35. The molecule has 0 unspecified atom stereocenters. The molecule has 0 spiro atoms. The molecule has 1 aromatic carbocycles. The first-order chi connectivity index (χ1) is 10.9. The average Bonchev–Trinajstić information content (AvgIpc) is 2.50. The maximum Gasteiger partial charge on any atom is 0.186 e. The Morgan fingerprint density at radius 3 is 2.35 bits per heavy atom. The van der Waals surface area contributed by atoms with Crippen molar-refractivity contribution in [2.75, 3.05) is 6.61 Å². The van der Waals surface area contributed by atoms with Gasteiger partial charge in [-0.1, -0.05) is 76.1 Å². The van der Waals surface area contributed by atoms with E-state index in [4.69, 9.17) is 4.74 Å². The van der Waals surface area contributed by atoms with Crippen molar-refractivity contribution in [3.05, 3.63) is 65.9 Å². The molecule has 0 bridgehead atoms. The minimum Gasteiger partial charge on any atom is -0.495 e. The summed E-state index contributed by atoms with van der Waals surface area (Å²) in [5, 5.41) is 0. The summed E-state index contributed by atoms with van der Waals surface area (Å²) >= 11 is 0. The molecule has 0 aliphatic carbocycles. The highest BCUT2D eigenvalue weighted by Gasteiger charge is 2.11. The summed E-state index contributed by atoms with van der Waals surface area (Å²) in [6, 6.07) is 8.84. The van der Waals surface area contributed by atoms with Crippen LogP contribution in [0.5, 0.6) is 0 Å². The monoisotopic (exact) mass is 309 g/mol. The number of hydrogen-bond acceptors (Lipinski definition) is 1. The van der Waals surface area contributed by atoms with Crippen LogP contribution in [0.3, 0.4) is 0 Å². The van der Waals surface area contributed by atoms with Gasteiger partial charge < -0.3 is 4.74 Å². The van der Waals surface area contributed by atoms with E-state index in [0.717, 1.165) is 25.2 Å². The van der Waals surface area contributed by atoms with Crippen LogP contribution in [0.1, 0.15) is 52.2 Å². The molecule has 0 heterocycles. The maximum atomic E-state index is 5.63. The van der Waals surface area contributed by atoms with E-state index in [1.807, 2.05) is 5.98 Å². The van der Waals surface area contributed by atoms with Crippen LogP contribution in [0.4, 0.5) is 0 Å². The average molecular weight is 309 g/mol. The second-order valence-corrected chi connectivity index (χ2v) is 6.97. The summed E-state index contributed by atoms with van der Waals surface area (Å²) in [5.74, 6) is 2.80. The fraction of sp³-hybridized carbons (Fsp3) is 0.429. The first kappa shape index (κ1) is 19.4. The van der Waals surface area contributed by atoms with Crippen LogP contribution in [-0.4, -0.2) is 13.9 Å². The summed E-state index contributed by atoms with van der Waals surface area (Å²) in [5.41, 5.74) is 4.10. The van der Waals surface area contributed by atoms with Gasteiger partial charge in [-0.05, 0) is 42.4 Å². The van der Waals surface area contributed by atoms with E-state index >= 15 is 0 Å². The number of ether oxygens (including phenoxy) is 1. The third-order valence-corrected chi connectivity index (χ3v) is 3.43. The molecule has 1 aromatic rings. The molecule has 0 saturated heterocycles. The first-order valence-electron chi connectivity index (χ1n) is 8.45. The van der Waals surface area contributed by atoms with E-state index in [-0.39, 0.29) is 0 Å². The zero-order valence-corrected chi connectivity index (χ0v) is 15.4. The lowest BCUT2D eigenvalue weighted by molar-refractivity contribution is 0.226. The second kappa shape index (κ2) is 9.45. The molecule has 1 rings (SSSR count). The normalized spacial score (nSPS) is 12.9. The summed E-state index contributed by atoms with van der Waals surface area (Å²) in [6.45, 7) is 15.5. The van der Waals surface area contributed by atoms with Crippen LogP contribution in [0.25, 0.3) is 5.47 Å². The lowest BCUT2D eigenvalue weighted by Gasteiger charge is -2.18. The van der Waals surface area contributed by atoms with Gasteiger partial charge in [-0.15, -0.1) is 0 Å². The first-order valence-corrected chi connectivity index (χ1v) is 8.45. The van der Waals surface area contributed by atoms with Crippen molar-refractivity contribution < 1.29 is 4.74 Å². The molecule has 2 heteroatoms. The number of hydrogen-bond donors (Lipinski definition) is 0. The largest absolute Gasteiger partial charge is 0.495 e. The standard InChI is InChI=1S/C21H30BO/c1-7-14-23-19(8-2)16-22-20(9-3)18-12-10-17(11-13-18)15-21(4,5)6/h8-13,16H,2,7,14-15H2,1,3-6H3/b19-16+,20-9-. The lowest BCUT2D eigenvalue weighted by atomic mass is 9.66. The van der Waals surface area contributed by atoms with Crippen molar-refractivity contribution in [2.24, 2.45) is 5.41 Å². The smallest absolute Gasteiger partial charge is 0.186 e. The highest BCUT2D eigenvalue weighted by atomic mass is 16.5. The van der Waals surface area contributed by atoms with Crippen molar-refractivity contribution in [3.63, 3.8) is 0 Å². The van der Waals surface area contributed by atoms with Crippen molar-refractivity contribution in [2.45, 2.75) is 47.5 Å². The predicted molar refractivity (Wildman–Crippen MR) is 104 cm³/mol. The van der Waals surface area contributed by atoms with Crippen LogP contribution >= 0.6 is 0 Å². The Morgan fingerprint density at radius 1 is 1.22 bits per heavy atom. The molecule has 0 aromatic heterocycles. The minimum absolute atomic E-state index is 0.315. The molecule has 1 radical (unpaired) electrons. The van der Waals surface area contributed by atoms with Crippen LogP contribution < -0.4 is 0 Å². The Morgan fingerprint density at radius 2 is 1.87 bits per heavy atom. The van der Waals surface area contributed by atoms with E-state index in [1.54, 1.807) is 6.08 Å². The van der Waals surface area contributed by atoms with Gasteiger partial charge >= 0.3 is 0 Å². The molecule has 0 saturated carbocycles. The van der Waals surface area contributed by atoms with Crippen LogP contribution in [-0.2, 0) is 11.2 Å². The topological polar surface area (TPSA) is 9.23 Å². The van der Waals surface area contributed by atoms with E-state index < -0.39 is 0 Å². The molecule has 0 atom stereocenters. The summed E-state index contributed by atoms with van der Waals surface area (Å²) < 4.78 is 5.63. The van der Waals surface area contributed by atoms with E-state index in [0.29, 0.717) is 5.41 Å². The summed E-state index contributed by atoms with van der Waals surface area (Å²) in [6.07, 6.45) is 5.96. The van der Waals surface area contributed by atoms with Gasteiger partial charge in [-0.25, -0.2) is 0 Å². The van der Waals surface area contributed by atoms with E-state index in [1.165, 1.54) is 16.6 Å². The molecule has 0 aliphatic rings. The molecular formula is C21H30BO. The van der Waals surface area contributed by atoms with Crippen LogP contribution in [0.15, 0.2) is 54.7 Å². The zero-order chi connectivity index (χ0) is 17.3.